The number of hydrogen-bond donors (Lipinski definition) is 1. The van der Waals surface area contributed by atoms with Gasteiger partial charge < -0.3 is 10.2 Å². The molecular weight excluding hydrogens is 184 g/mol. The van der Waals surface area contributed by atoms with Crippen LogP contribution in [0.15, 0.2) is 0 Å². The molecule has 2 aliphatic rings. The summed E-state index contributed by atoms with van der Waals surface area (Å²) in [5.74, 6) is 0.902. The summed E-state index contributed by atoms with van der Waals surface area (Å²) in [5.41, 5.74) is 0.494. The molecule has 0 spiro atoms. The van der Waals surface area contributed by atoms with E-state index in [1.54, 1.807) is 0 Å². The summed E-state index contributed by atoms with van der Waals surface area (Å²) in [6.07, 6.45) is 6.96. The van der Waals surface area contributed by atoms with Gasteiger partial charge in [-0.25, -0.2) is 0 Å². The SMILES string of the molecule is CCN1CCCC(C2(CC)CCCN2)C1. The van der Waals surface area contributed by atoms with Gasteiger partial charge in [-0.1, -0.05) is 13.8 Å². The fraction of sp³-hybridized carbons (Fsp3) is 1.00. The second-order valence-corrected chi connectivity index (χ2v) is 5.27. The average Bonchev–Trinajstić information content (AvgIpc) is 2.79. The van der Waals surface area contributed by atoms with Gasteiger partial charge in [-0.05, 0) is 57.7 Å². The largest absolute Gasteiger partial charge is 0.311 e. The Labute approximate surface area is 94.4 Å². The third-order valence-corrected chi connectivity index (χ3v) is 4.64. The lowest BCUT2D eigenvalue weighted by Gasteiger charge is -2.43. The van der Waals surface area contributed by atoms with E-state index in [4.69, 9.17) is 0 Å². The summed E-state index contributed by atoms with van der Waals surface area (Å²) in [7, 11) is 0. The normalized spacial score (nSPS) is 38.4. The highest BCUT2D eigenvalue weighted by atomic mass is 15.1. The first-order valence-corrected chi connectivity index (χ1v) is 6.78. The first kappa shape index (κ1) is 11.4. The van der Waals surface area contributed by atoms with Gasteiger partial charge in [-0.15, -0.1) is 0 Å². The number of nitrogens with zero attached hydrogens (tertiary/aromatic N) is 1. The molecule has 0 saturated carbocycles. The van der Waals surface area contributed by atoms with Crippen LogP contribution in [0.5, 0.6) is 0 Å². The number of nitrogens with one attached hydrogen (secondary N) is 1. The average molecular weight is 210 g/mol. The summed E-state index contributed by atoms with van der Waals surface area (Å²) < 4.78 is 0. The summed E-state index contributed by atoms with van der Waals surface area (Å²) in [4.78, 5) is 2.63. The molecule has 0 amide bonds. The Morgan fingerprint density at radius 1 is 1.33 bits per heavy atom. The maximum Gasteiger partial charge on any atom is 0.0219 e. The van der Waals surface area contributed by atoms with E-state index in [0.717, 1.165) is 5.92 Å². The molecule has 2 unspecified atom stereocenters. The highest BCUT2D eigenvalue weighted by Crippen LogP contribution is 2.36. The molecule has 0 aromatic heterocycles. The van der Waals surface area contributed by atoms with Crippen molar-refractivity contribution in [2.24, 2.45) is 5.92 Å². The van der Waals surface area contributed by atoms with Crippen molar-refractivity contribution in [2.75, 3.05) is 26.2 Å². The van der Waals surface area contributed by atoms with E-state index >= 15 is 0 Å². The quantitative estimate of drug-likeness (QED) is 0.768. The summed E-state index contributed by atoms with van der Waals surface area (Å²) in [5, 5.41) is 3.81. The van der Waals surface area contributed by atoms with Crippen LogP contribution >= 0.6 is 0 Å². The second kappa shape index (κ2) is 4.84. The summed E-state index contributed by atoms with van der Waals surface area (Å²) in [6.45, 7) is 9.79. The minimum Gasteiger partial charge on any atom is -0.311 e. The Hall–Kier alpha value is -0.0800. The van der Waals surface area contributed by atoms with Gasteiger partial charge in [0.25, 0.3) is 0 Å². The number of piperidine rings is 1. The molecule has 15 heavy (non-hydrogen) atoms. The Morgan fingerprint density at radius 2 is 2.20 bits per heavy atom. The molecule has 88 valence electrons. The molecule has 2 nitrogen and oxygen atoms in total. The maximum absolute atomic E-state index is 3.81. The van der Waals surface area contributed by atoms with Gasteiger partial charge >= 0.3 is 0 Å². The molecule has 0 aliphatic carbocycles. The lowest BCUT2D eigenvalue weighted by atomic mass is 9.76. The highest BCUT2D eigenvalue weighted by molar-refractivity contribution is 4.99. The highest BCUT2D eigenvalue weighted by Gasteiger charge is 2.40. The van der Waals surface area contributed by atoms with Gasteiger partial charge in [0.05, 0.1) is 0 Å². The van der Waals surface area contributed by atoms with Crippen LogP contribution in [0.4, 0.5) is 0 Å². The van der Waals surface area contributed by atoms with E-state index in [9.17, 15) is 0 Å². The molecule has 0 aromatic rings. The molecule has 2 rings (SSSR count). The van der Waals surface area contributed by atoms with Crippen LogP contribution in [0.2, 0.25) is 0 Å². The minimum absolute atomic E-state index is 0.494. The fourth-order valence-electron chi connectivity index (χ4n) is 3.56. The van der Waals surface area contributed by atoms with Crippen molar-refractivity contribution in [3.8, 4) is 0 Å². The standard InChI is InChI=1S/C13H26N2/c1-3-13(8-6-9-14-13)12-7-5-10-15(4-2)11-12/h12,14H,3-11H2,1-2H3. The first-order valence-electron chi connectivity index (χ1n) is 6.78. The monoisotopic (exact) mass is 210 g/mol. The van der Waals surface area contributed by atoms with Crippen LogP contribution in [-0.4, -0.2) is 36.6 Å². The Morgan fingerprint density at radius 3 is 2.80 bits per heavy atom. The lowest BCUT2D eigenvalue weighted by Crippen LogP contribution is -2.52. The van der Waals surface area contributed by atoms with E-state index in [1.807, 2.05) is 0 Å². The molecule has 1 N–H and O–H groups in total. The molecule has 2 saturated heterocycles. The van der Waals surface area contributed by atoms with Crippen LogP contribution in [0.25, 0.3) is 0 Å². The zero-order valence-electron chi connectivity index (χ0n) is 10.4. The van der Waals surface area contributed by atoms with Gasteiger partial charge in [0, 0.05) is 12.1 Å². The second-order valence-electron chi connectivity index (χ2n) is 5.27. The summed E-state index contributed by atoms with van der Waals surface area (Å²) >= 11 is 0. The Bertz CT molecular complexity index is 197. The third kappa shape index (κ3) is 2.21. The third-order valence-electron chi connectivity index (χ3n) is 4.64. The van der Waals surface area contributed by atoms with Gasteiger partial charge in [-0.3, -0.25) is 0 Å². The van der Waals surface area contributed by atoms with Crippen molar-refractivity contribution in [3.63, 3.8) is 0 Å². The first-order chi connectivity index (χ1) is 7.30. The van der Waals surface area contributed by atoms with Crippen molar-refractivity contribution >= 4 is 0 Å². The number of likely N-dealkylation sites (tertiary alicyclic amines) is 1. The molecule has 2 heterocycles. The van der Waals surface area contributed by atoms with Crippen LogP contribution in [-0.2, 0) is 0 Å². The van der Waals surface area contributed by atoms with E-state index in [1.165, 1.54) is 58.3 Å². The molecule has 2 aliphatic heterocycles. The molecule has 2 fully saturated rings. The van der Waals surface area contributed by atoms with Crippen molar-refractivity contribution in [2.45, 2.75) is 51.5 Å². The van der Waals surface area contributed by atoms with Crippen LogP contribution < -0.4 is 5.32 Å². The van der Waals surface area contributed by atoms with Gasteiger partial charge in [0.1, 0.15) is 0 Å². The molecule has 0 bridgehead atoms. The minimum atomic E-state index is 0.494. The van der Waals surface area contributed by atoms with E-state index < -0.39 is 0 Å². The fourth-order valence-corrected chi connectivity index (χ4v) is 3.56. The van der Waals surface area contributed by atoms with Crippen molar-refractivity contribution < 1.29 is 0 Å². The Kier molecular flexibility index (Phi) is 3.68. The maximum atomic E-state index is 3.81. The molecule has 0 aromatic carbocycles. The summed E-state index contributed by atoms with van der Waals surface area (Å²) in [6, 6.07) is 0. The van der Waals surface area contributed by atoms with E-state index in [0.29, 0.717) is 5.54 Å². The van der Waals surface area contributed by atoms with Gasteiger partial charge in [0.2, 0.25) is 0 Å². The van der Waals surface area contributed by atoms with Crippen LogP contribution in [0.3, 0.4) is 0 Å². The predicted octanol–water partition coefficient (Wildman–Crippen LogP) is 2.25. The van der Waals surface area contributed by atoms with Crippen LogP contribution in [0, 0.1) is 5.92 Å². The molecule has 0 radical (unpaired) electrons. The topological polar surface area (TPSA) is 15.3 Å². The number of rotatable bonds is 3. The van der Waals surface area contributed by atoms with Gasteiger partial charge in [-0.2, -0.15) is 0 Å². The zero-order chi connectivity index (χ0) is 10.7. The zero-order valence-corrected chi connectivity index (χ0v) is 10.4. The van der Waals surface area contributed by atoms with E-state index in [-0.39, 0.29) is 0 Å². The van der Waals surface area contributed by atoms with E-state index in [2.05, 4.69) is 24.1 Å². The van der Waals surface area contributed by atoms with Gasteiger partial charge in [0.15, 0.2) is 0 Å². The van der Waals surface area contributed by atoms with Crippen LogP contribution in [0.1, 0.15) is 46.0 Å². The van der Waals surface area contributed by atoms with Crippen molar-refractivity contribution in [3.05, 3.63) is 0 Å². The molecule has 2 heteroatoms. The molecular formula is C13H26N2. The molecule has 2 atom stereocenters. The smallest absolute Gasteiger partial charge is 0.0219 e. The predicted molar refractivity (Wildman–Crippen MR) is 65.1 cm³/mol. The van der Waals surface area contributed by atoms with Crippen molar-refractivity contribution in [1.29, 1.82) is 0 Å². The Balaban J connectivity index is 2.01. The van der Waals surface area contributed by atoms with Crippen molar-refractivity contribution in [1.82, 2.24) is 10.2 Å². The number of hydrogen-bond acceptors (Lipinski definition) is 2. The lowest BCUT2D eigenvalue weighted by molar-refractivity contribution is 0.105.